The van der Waals surface area contributed by atoms with E-state index in [9.17, 15) is 9.18 Å². The molecule has 9 heteroatoms. The molecule has 0 aliphatic heterocycles. The van der Waals surface area contributed by atoms with Gasteiger partial charge >= 0.3 is 0 Å². The van der Waals surface area contributed by atoms with Gasteiger partial charge in [-0.1, -0.05) is 18.2 Å². The summed E-state index contributed by atoms with van der Waals surface area (Å²) < 4.78 is 18.5. The molecule has 4 aromatic rings. The second-order valence-electron chi connectivity index (χ2n) is 6.22. The highest BCUT2D eigenvalue weighted by molar-refractivity contribution is 9.11. The molecule has 142 valence electrons. The number of hydrogen-bond donors (Lipinski definition) is 1. The van der Waals surface area contributed by atoms with Crippen molar-refractivity contribution in [3.63, 3.8) is 0 Å². The Kier molecular flexibility index (Phi) is 5.03. The maximum absolute atomic E-state index is 13.8. The summed E-state index contributed by atoms with van der Waals surface area (Å²) in [4.78, 5) is 12.7. The van der Waals surface area contributed by atoms with E-state index in [-0.39, 0.29) is 18.3 Å². The smallest absolute Gasteiger partial charge is 0.256 e. The number of halogens is 3. The lowest BCUT2D eigenvalue weighted by atomic mass is 10.1. The summed E-state index contributed by atoms with van der Waals surface area (Å²) in [6.07, 6.45) is 1.70. The first-order valence-corrected chi connectivity index (χ1v) is 9.91. The van der Waals surface area contributed by atoms with Crippen LogP contribution in [-0.2, 0) is 13.6 Å². The molecule has 2 heterocycles. The van der Waals surface area contributed by atoms with E-state index in [1.165, 1.54) is 6.07 Å². The Morgan fingerprint density at radius 2 is 1.96 bits per heavy atom. The molecule has 0 aliphatic carbocycles. The third kappa shape index (κ3) is 3.59. The Labute approximate surface area is 176 Å². The average Bonchev–Trinajstić information content (AvgIpc) is 3.15. The predicted molar refractivity (Wildman–Crippen MR) is 112 cm³/mol. The number of nitrogens with one attached hydrogen (secondary N) is 1. The molecule has 1 amide bonds. The lowest BCUT2D eigenvalue weighted by molar-refractivity contribution is 0.102. The molecule has 0 aliphatic rings. The van der Waals surface area contributed by atoms with E-state index < -0.39 is 0 Å². The topological polar surface area (TPSA) is 64.7 Å². The van der Waals surface area contributed by atoms with Gasteiger partial charge in [-0.05, 0) is 56.1 Å². The highest BCUT2D eigenvalue weighted by atomic mass is 79.9. The van der Waals surface area contributed by atoms with Crippen LogP contribution in [0.25, 0.3) is 10.9 Å². The molecule has 0 unspecified atom stereocenters. The zero-order valence-corrected chi connectivity index (χ0v) is 17.8. The molecule has 2 aromatic heterocycles. The number of amides is 1. The van der Waals surface area contributed by atoms with Gasteiger partial charge in [0, 0.05) is 29.8 Å². The molecule has 6 nitrogen and oxygen atoms in total. The summed E-state index contributed by atoms with van der Waals surface area (Å²) >= 11 is 6.79. The largest absolute Gasteiger partial charge is 0.304 e. The summed E-state index contributed by atoms with van der Waals surface area (Å²) in [5.74, 6) is -0.223. The highest BCUT2D eigenvalue weighted by Gasteiger charge is 2.15. The number of nitrogens with zero attached hydrogens (tertiary/aromatic N) is 4. The van der Waals surface area contributed by atoms with Gasteiger partial charge in [-0.25, -0.2) is 4.39 Å². The first-order valence-electron chi connectivity index (χ1n) is 8.32. The Morgan fingerprint density at radius 1 is 1.18 bits per heavy atom. The maximum atomic E-state index is 13.8. The summed E-state index contributed by atoms with van der Waals surface area (Å²) in [7, 11) is 1.82. The molecule has 1 N–H and O–H groups in total. The molecule has 0 bridgehead atoms. The van der Waals surface area contributed by atoms with Crippen molar-refractivity contribution in [3.05, 3.63) is 74.7 Å². The van der Waals surface area contributed by atoms with Crippen molar-refractivity contribution in [2.45, 2.75) is 6.54 Å². The van der Waals surface area contributed by atoms with E-state index in [1.807, 2.05) is 13.1 Å². The lowest BCUT2D eigenvalue weighted by Gasteiger charge is -2.05. The van der Waals surface area contributed by atoms with Gasteiger partial charge in [0.05, 0.1) is 16.5 Å². The lowest BCUT2D eigenvalue weighted by Crippen LogP contribution is -2.13. The molecule has 0 saturated carbocycles. The minimum Gasteiger partial charge on any atom is -0.304 e. The Bertz CT molecular complexity index is 1200. The molecule has 2 aromatic carbocycles. The van der Waals surface area contributed by atoms with Gasteiger partial charge in [-0.15, -0.1) is 0 Å². The van der Waals surface area contributed by atoms with E-state index in [2.05, 4.69) is 47.4 Å². The van der Waals surface area contributed by atoms with Crippen LogP contribution in [0.15, 0.2) is 57.7 Å². The number of aryl methyl sites for hydroxylation is 1. The predicted octanol–water partition coefficient (Wildman–Crippen LogP) is 4.73. The van der Waals surface area contributed by atoms with Crippen molar-refractivity contribution in [1.82, 2.24) is 19.6 Å². The van der Waals surface area contributed by atoms with Gasteiger partial charge in [0.25, 0.3) is 5.91 Å². The second kappa shape index (κ2) is 7.48. The van der Waals surface area contributed by atoms with Crippen molar-refractivity contribution < 1.29 is 9.18 Å². The van der Waals surface area contributed by atoms with Crippen LogP contribution in [0.2, 0.25) is 0 Å². The third-order valence-electron chi connectivity index (χ3n) is 4.31. The Balaban J connectivity index is 1.56. The number of aromatic nitrogens is 4. The fraction of sp³-hybridized carbons (Fsp3) is 0.105. The number of carbonyl (C=O) groups is 1. The SMILES string of the molecule is Cn1nc(Br)c2ccc(C(=O)Nc3nn(Cc4ccccc4F)cc3Br)cc21. The summed E-state index contributed by atoms with van der Waals surface area (Å²) in [6, 6.07) is 11.9. The van der Waals surface area contributed by atoms with Crippen molar-refractivity contribution in [1.29, 1.82) is 0 Å². The zero-order valence-electron chi connectivity index (χ0n) is 14.7. The molecule has 0 spiro atoms. The second-order valence-corrected chi connectivity index (χ2v) is 7.82. The van der Waals surface area contributed by atoms with Gasteiger partial charge in [0.15, 0.2) is 5.82 Å². The molecule has 0 atom stereocenters. The first-order chi connectivity index (χ1) is 13.4. The standard InChI is InChI=1S/C19H14Br2FN5O/c1-26-16-8-11(6-7-13(16)17(21)24-26)19(28)23-18-14(20)10-27(25-18)9-12-4-2-3-5-15(12)22/h2-8,10H,9H2,1H3,(H,23,25,28). The normalized spacial score (nSPS) is 11.1. The van der Waals surface area contributed by atoms with Gasteiger partial charge in [0.2, 0.25) is 0 Å². The number of rotatable bonds is 4. The van der Waals surface area contributed by atoms with Crippen molar-refractivity contribution in [2.75, 3.05) is 5.32 Å². The molecule has 0 fully saturated rings. The minimum absolute atomic E-state index is 0.260. The Morgan fingerprint density at radius 3 is 2.75 bits per heavy atom. The van der Waals surface area contributed by atoms with Crippen LogP contribution in [0.1, 0.15) is 15.9 Å². The van der Waals surface area contributed by atoms with E-state index in [0.717, 1.165) is 15.5 Å². The van der Waals surface area contributed by atoms with Gasteiger partial charge in [-0.2, -0.15) is 10.2 Å². The van der Waals surface area contributed by atoms with Crippen LogP contribution in [-0.4, -0.2) is 25.5 Å². The van der Waals surface area contributed by atoms with Gasteiger partial charge < -0.3 is 5.32 Å². The number of carbonyl (C=O) groups excluding carboxylic acids is 1. The van der Waals surface area contributed by atoms with Crippen LogP contribution < -0.4 is 5.32 Å². The van der Waals surface area contributed by atoms with Crippen molar-refractivity contribution in [3.8, 4) is 0 Å². The summed E-state index contributed by atoms with van der Waals surface area (Å²) in [5.41, 5.74) is 1.84. The molecule has 28 heavy (non-hydrogen) atoms. The average molecular weight is 507 g/mol. The van der Waals surface area contributed by atoms with Crippen LogP contribution in [0.3, 0.4) is 0 Å². The monoisotopic (exact) mass is 505 g/mol. The van der Waals surface area contributed by atoms with E-state index >= 15 is 0 Å². The molecule has 4 rings (SSSR count). The minimum atomic E-state index is -0.296. The van der Waals surface area contributed by atoms with Crippen molar-refractivity contribution in [2.24, 2.45) is 7.05 Å². The van der Waals surface area contributed by atoms with Gasteiger partial charge in [-0.3, -0.25) is 14.2 Å². The first kappa shape index (κ1) is 18.8. The number of fused-ring (bicyclic) bond motifs is 1. The zero-order chi connectivity index (χ0) is 19.8. The highest BCUT2D eigenvalue weighted by Crippen LogP contribution is 2.25. The van der Waals surface area contributed by atoms with Crippen LogP contribution in [0, 0.1) is 5.82 Å². The summed E-state index contributed by atoms with van der Waals surface area (Å²) in [5, 5.41) is 12.3. The van der Waals surface area contributed by atoms with E-state index in [0.29, 0.717) is 21.4 Å². The van der Waals surface area contributed by atoms with Gasteiger partial charge in [0.1, 0.15) is 10.4 Å². The fourth-order valence-corrected chi connectivity index (χ4v) is 3.89. The number of benzene rings is 2. The third-order valence-corrected chi connectivity index (χ3v) is 5.47. The van der Waals surface area contributed by atoms with E-state index in [1.54, 1.807) is 45.9 Å². The maximum Gasteiger partial charge on any atom is 0.256 e. The quantitative estimate of drug-likeness (QED) is 0.435. The molecule has 0 radical (unpaired) electrons. The number of anilines is 1. The molecule has 0 saturated heterocycles. The van der Waals surface area contributed by atoms with Crippen LogP contribution >= 0.6 is 31.9 Å². The van der Waals surface area contributed by atoms with E-state index in [4.69, 9.17) is 0 Å². The fourth-order valence-electron chi connectivity index (χ4n) is 2.90. The molecular formula is C19H14Br2FN5O. The van der Waals surface area contributed by atoms with Crippen molar-refractivity contribution >= 4 is 54.5 Å². The summed E-state index contributed by atoms with van der Waals surface area (Å²) in [6.45, 7) is 0.260. The number of hydrogen-bond acceptors (Lipinski definition) is 3. The molecular weight excluding hydrogens is 493 g/mol. The Hall–Kier alpha value is -2.52. The van der Waals surface area contributed by atoms with Crippen LogP contribution in [0.4, 0.5) is 10.2 Å². The van der Waals surface area contributed by atoms with Crippen LogP contribution in [0.5, 0.6) is 0 Å².